The van der Waals surface area contributed by atoms with E-state index < -0.39 is 5.54 Å². The summed E-state index contributed by atoms with van der Waals surface area (Å²) in [5, 5.41) is 5.64. The van der Waals surface area contributed by atoms with Crippen molar-refractivity contribution in [3.63, 3.8) is 0 Å². The summed E-state index contributed by atoms with van der Waals surface area (Å²) in [7, 11) is 0. The molecule has 0 aliphatic rings. The van der Waals surface area contributed by atoms with Gasteiger partial charge >= 0.3 is 0 Å². The molecule has 0 spiro atoms. The van der Waals surface area contributed by atoms with Crippen molar-refractivity contribution < 1.29 is 9.59 Å². The molecule has 0 heterocycles. The van der Waals surface area contributed by atoms with Crippen molar-refractivity contribution in [2.75, 3.05) is 13.1 Å². The molecule has 0 radical (unpaired) electrons. The number of hydrogen-bond donors (Lipinski definition) is 3. The Labute approximate surface area is 132 Å². The number of hydrogen-bond acceptors (Lipinski definition) is 3. The zero-order valence-electron chi connectivity index (χ0n) is 14.1. The van der Waals surface area contributed by atoms with Gasteiger partial charge in [0.15, 0.2) is 0 Å². The second-order valence-electron chi connectivity index (χ2n) is 7.49. The van der Waals surface area contributed by atoms with Gasteiger partial charge in [-0.15, -0.1) is 0 Å². The normalized spacial score (nSPS) is 11.9. The Morgan fingerprint density at radius 2 is 1.23 bits per heavy atom. The third-order valence-electron chi connectivity index (χ3n) is 2.89. The van der Waals surface area contributed by atoms with Crippen molar-refractivity contribution in [3.05, 3.63) is 35.4 Å². The molecule has 22 heavy (non-hydrogen) atoms. The topological polar surface area (TPSA) is 84.2 Å². The lowest BCUT2D eigenvalue weighted by molar-refractivity contribution is 0.0931. The summed E-state index contributed by atoms with van der Waals surface area (Å²) in [6.07, 6.45) is 0. The van der Waals surface area contributed by atoms with Crippen LogP contribution in [0.4, 0.5) is 0 Å². The number of nitrogens with two attached hydrogens (primary N) is 1. The molecule has 0 saturated heterocycles. The molecule has 4 N–H and O–H groups in total. The monoisotopic (exact) mass is 305 g/mol. The lowest BCUT2D eigenvalue weighted by atomic mass is 9.97. The van der Waals surface area contributed by atoms with E-state index in [0.717, 1.165) is 0 Å². The standard InChI is InChI=1S/C17H27N3O2/c1-16(2,3)10-19-14(21)12-6-8-13(9-7-12)15(22)20-11-17(4,5)18/h6-9H,10-11,18H2,1-5H3,(H,19,21)(H,20,22). The molecule has 5 nitrogen and oxygen atoms in total. The fourth-order valence-electron chi connectivity index (χ4n) is 1.63. The largest absolute Gasteiger partial charge is 0.352 e. The highest BCUT2D eigenvalue weighted by Crippen LogP contribution is 2.11. The summed E-state index contributed by atoms with van der Waals surface area (Å²) in [6, 6.07) is 6.59. The van der Waals surface area contributed by atoms with Crippen molar-refractivity contribution in [1.29, 1.82) is 0 Å². The van der Waals surface area contributed by atoms with Gasteiger partial charge in [0, 0.05) is 29.8 Å². The average Bonchev–Trinajstić information content (AvgIpc) is 2.40. The van der Waals surface area contributed by atoms with Gasteiger partial charge in [0.25, 0.3) is 11.8 Å². The summed E-state index contributed by atoms with van der Waals surface area (Å²) in [6.45, 7) is 10.8. The van der Waals surface area contributed by atoms with Gasteiger partial charge in [-0.1, -0.05) is 20.8 Å². The van der Waals surface area contributed by atoms with Gasteiger partial charge in [-0.3, -0.25) is 9.59 Å². The predicted molar refractivity (Wildman–Crippen MR) is 88.8 cm³/mol. The Bertz CT molecular complexity index is 473. The second-order valence-corrected chi connectivity index (χ2v) is 7.49. The van der Waals surface area contributed by atoms with Crippen LogP contribution in [0, 0.1) is 5.41 Å². The zero-order valence-corrected chi connectivity index (χ0v) is 14.1. The van der Waals surface area contributed by atoms with E-state index in [1.807, 2.05) is 13.8 Å². The van der Waals surface area contributed by atoms with Crippen molar-refractivity contribution in [1.82, 2.24) is 10.6 Å². The number of nitrogens with one attached hydrogen (secondary N) is 2. The highest BCUT2D eigenvalue weighted by atomic mass is 16.2. The number of amides is 2. The predicted octanol–water partition coefficient (Wildman–Crippen LogP) is 1.93. The molecular formula is C17H27N3O2. The lowest BCUT2D eigenvalue weighted by Crippen LogP contribution is -2.45. The van der Waals surface area contributed by atoms with Crippen LogP contribution in [0.3, 0.4) is 0 Å². The van der Waals surface area contributed by atoms with E-state index in [2.05, 4.69) is 31.4 Å². The van der Waals surface area contributed by atoms with E-state index in [0.29, 0.717) is 24.2 Å². The van der Waals surface area contributed by atoms with Gasteiger partial charge in [-0.05, 0) is 43.5 Å². The van der Waals surface area contributed by atoms with Crippen LogP contribution in [-0.4, -0.2) is 30.4 Å². The molecule has 1 aromatic carbocycles. The van der Waals surface area contributed by atoms with Gasteiger partial charge in [0.05, 0.1) is 0 Å². The third kappa shape index (κ3) is 6.72. The van der Waals surface area contributed by atoms with Crippen molar-refractivity contribution in [3.8, 4) is 0 Å². The fraction of sp³-hybridized carbons (Fsp3) is 0.529. The summed E-state index contributed by atoms with van der Waals surface area (Å²) in [4.78, 5) is 24.0. The van der Waals surface area contributed by atoms with E-state index >= 15 is 0 Å². The number of benzene rings is 1. The second kappa shape index (κ2) is 6.92. The molecule has 5 heteroatoms. The number of carbonyl (C=O) groups is 2. The van der Waals surface area contributed by atoms with Crippen LogP contribution in [0.2, 0.25) is 0 Å². The summed E-state index contributed by atoms with van der Waals surface area (Å²) >= 11 is 0. The molecule has 1 aromatic rings. The molecule has 0 bridgehead atoms. The first-order valence-corrected chi connectivity index (χ1v) is 7.43. The maximum atomic E-state index is 12.0. The lowest BCUT2D eigenvalue weighted by Gasteiger charge is -2.19. The number of rotatable bonds is 5. The van der Waals surface area contributed by atoms with Crippen LogP contribution >= 0.6 is 0 Å². The van der Waals surface area contributed by atoms with Gasteiger partial charge in [-0.25, -0.2) is 0 Å². The van der Waals surface area contributed by atoms with E-state index in [4.69, 9.17) is 5.73 Å². The number of carbonyl (C=O) groups excluding carboxylic acids is 2. The summed E-state index contributed by atoms with van der Waals surface area (Å²) < 4.78 is 0. The smallest absolute Gasteiger partial charge is 0.251 e. The van der Waals surface area contributed by atoms with Gasteiger partial charge in [0.2, 0.25) is 0 Å². The van der Waals surface area contributed by atoms with E-state index in [1.54, 1.807) is 24.3 Å². The Kier molecular flexibility index (Phi) is 5.72. The first kappa shape index (κ1) is 18.2. The summed E-state index contributed by atoms with van der Waals surface area (Å²) in [5.74, 6) is -0.329. The van der Waals surface area contributed by atoms with E-state index in [9.17, 15) is 9.59 Å². The molecule has 0 aromatic heterocycles. The van der Waals surface area contributed by atoms with E-state index in [1.165, 1.54) is 0 Å². The molecule has 0 fully saturated rings. The molecular weight excluding hydrogens is 278 g/mol. The van der Waals surface area contributed by atoms with Crippen LogP contribution in [0.15, 0.2) is 24.3 Å². The van der Waals surface area contributed by atoms with Crippen molar-refractivity contribution >= 4 is 11.8 Å². The molecule has 0 saturated carbocycles. The first-order chi connectivity index (χ1) is 9.98. The van der Waals surface area contributed by atoms with Crippen molar-refractivity contribution in [2.24, 2.45) is 11.1 Å². The molecule has 0 unspecified atom stereocenters. The maximum Gasteiger partial charge on any atom is 0.251 e. The van der Waals surface area contributed by atoms with Gasteiger partial charge in [-0.2, -0.15) is 0 Å². The highest BCUT2D eigenvalue weighted by molar-refractivity contribution is 5.97. The van der Waals surface area contributed by atoms with Gasteiger partial charge < -0.3 is 16.4 Å². The molecule has 1 rings (SSSR count). The first-order valence-electron chi connectivity index (χ1n) is 7.43. The Hall–Kier alpha value is -1.88. The minimum absolute atomic E-state index is 0.0323. The zero-order chi connectivity index (χ0) is 17.0. The third-order valence-corrected chi connectivity index (χ3v) is 2.89. The van der Waals surface area contributed by atoms with Crippen LogP contribution in [0.5, 0.6) is 0 Å². The molecule has 0 atom stereocenters. The van der Waals surface area contributed by atoms with Gasteiger partial charge in [0.1, 0.15) is 0 Å². The Morgan fingerprint density at radius 1 is 0.864 bits per heavy atom. The molecule has 0 aliphatic heterocycles. The highest BCUT2D eigenvalue weighted by Gasteiger charge is 2.15. The molecule has 0 aliphatic carbocycles. The SMILES string of the molecule is CC(C)(C)CNC(=O)c1ccc(C(=O)NCC(C)(C)N)cc1. The van der Waals surface area contributed by atoms with E-state index in [-0.39, 0.29) is 17.2 Å². The quantitative estimate of drug-likeness (QED) is 0.777. The average molecular weight is 305 g/mol. The van der Waals surface area contributed by atoms with Crippen LogP contribution in [-0.2, 0) is 0 Å². The van der Waals surface area contributed by atoms with Crippen LogP contribution in [0.1, 0.15) is 55.3 Å². The Balaban J connectivity index is 2.62. The molecule has 122 valence electrons. The van der Waals surface area contributed by atoms with Crippen LogP contribution < -0.4 is 16.4 Å². The Morgan fingerprint density at radius 3 is 1.55 bits per heavy atom. The molecule has 2 amide bonds. The minimum atomic E-state index is -0.456. The maximum absolute atomic E-state index is 12.0. The fourth-order valence-corrected chi connectivity index (χ4v) is 1.63. The van der Waals surface area contributed by atoms with Crippen molar-refractivity contribution in [2.45, 2.75) is 40.2 Å². The minimum Gasteiger partial charge on any atom is -0.352 e. The summed E-state index contributed by atoms with van der Waals surface area (Å²) in [5.41, 5.74) is 6.46. The van der Waals surface area contributed by atoms with Crippen LogP contribution in [0.25, 0.3) is 0 Å².